The topological polar surface area (TPSA) is 113 Å². The molecule has 2 heterocycles. The highest BCUT2D eigenvalue weighted by atomic mass is 35.5. The van der Waals surface area contributed by atoms with E-state index < -0.39 is 24.3 Å². The Kier molecular flexibility index (Phi) is 4.41. The molecule has 23 heavy (non-hydrogen) atoms. The predicted molar refractivity (Wildman–Crippen MR) is 83.2 cm³/mol. The fourth-order valence-corrected chi connectivity index (χ4v) is 3.26. The van der Waals surface area contributed by atoms with Crippen molar-refractivity contribution in [2.45, 2.75) is 44.1 Å². The standard InChI is InChI=1S/C13H15Cl2N5O3/c1-2-7(21)17-5-3-6(10(23)9(5)22)20-4-16-8-11(14)18-13(15)19-12(8)20/h4-6,9-10,22-23H,2-3H2,1H3,(H,17,21)/t5-,6+,9+,10-/m0/s1. The van der Waals surface area contributed by atoms with Gasteiger partial charge in [-0.25, -0.2) is 9.97 Å². The average molecular weight is 360 g/mol. The van der Waals surface area contributed by atoms with Crippen LogP contribution in [-0.4, -0.2) is 53.9 Å². The van der Waals surface area contributed by atoms with Crippen LogP contribution in [-0.2, 0) is 4.79 Å². The van der Waals surface area contributed by atoms with Crippen LogP contribution >= 0.6 is 23.2 Å². The van der Waals surface area contributed by atoms with Gasteiger partial charge in [0.15, 0.2) is 10.8 Å². The van der Waals surface area contributed by atoms with Gasteiger partial charge < -0.3 is 20.1 Å². The lowest BCUT2D eigenvalue weighted by Crippen LogP contribution is -2.42. The van der Waals surface area contributed by atoms with Gasteiger partial charge in [-0.3, -0.25) is 4.79 Å². The van der Waals surface area contributed by atoms with Gasteiger partial charge in [0.05, 0.1) is 18.4 Å². The molecule has 10 heteroatoms. The maximum absolute atomic E-state index is 11.5. The van der Waals surface area contributed by atoms with E-state index in [1.54, 1.807) is 11.5 Å². The minimum atomic E-state index is -1.08. The highest BCUT2D eigenvalue weighted by Gasteiger charge is 2.43. The summed E-state index contributed by atoms with van der Waals surface area (Å²) >= 11 is 11.8. The van der Waals surface area contributed by atoms with Gasteiger partial charge >= 0.3 is 0 Å². The van der Waals surface area contributed by atoms with Crippen molar-refractivity contribution in [1.82, 2.24) is 24.8 Å². The number of aliphatic hydroxyl groups is 2. The van der Waals surface area contributed by atoms with Gasteiger partial charge in [0.25, 0.3) is 0 Å². The largest absolute Gasteiger partial charge is 0.388 e. The molecule has 0 bridgehead atoms. The number of aliphatic hydroxyl groups excluding tert-OH is 2. The third kappa shape index (κ3) is 2.87. The Labute approximate surface area is 141 Å². The van der Waals surface area contributed by atoms with Gasteiger partial charge in [0, 0.05) is 6.42 Å². The van der Waals surface area contributed by atoms with Crippen molar-refractivity contribution in [3.8, 4) is 0 Å². The van der Waals surface area contributed by atoms with E-state index in [1.807, 2.05) is 0 Å². The molecule has 1 fully saturated rings. The van der Waals surface area contributed by atoms with Gasteiger partial charge in [-0.15, -0.1) is 0 Å². The summed E-state index contributed by atoms with van der Waals surface area (Å²) in [6.07, 6.45) is -0.0655. The van der Waals surface area contributed by atoms with E-state index in [1.165, 1.54) is 6.33 Å². The number of halogens is 2. The van der Waals surface area contributed by atoms with Crippen molar-refractivity contribution in [1.29, 1.82) is 0 Å². The van der Waals surface area contributed by atoms with Gasteiger partial charge in [-0.05, 0) is 18.0 Å². The summed E-state index contributed by atoms with van der Waals surface area (Å²) in [4.78, 5) is 23.6. The Balaban J connectivity index is 1.94. The quantitative estimate of drug-likeness (QED) is 0.549. The minimum Gasteiger partial charge on any atom is -0.388 e. The summed E-state index contributed by atoms with van der Waals surface area (Å²) in [5.41, 5.74) is 0.729. The average Bonchev–Trinajstić information content (AvgIpc) is 3.03. The normalized spacial score (nSPS) is 27.5. The number of amides is 1. The second kappa shape index (κ2) is 6.20. The lowest BCUT2D eigenvalue weighted by atomic mass is 10.2. The Hall–Kier alpha value is -1.48. The van der Waals surface area contributed by atoms with Crippen molar-refractivity contribution in [2.75, 3.05) is 0 Å². The monoisotopic (exact) mass is 359 g/mol. The first-order valence-corrected chi connectivity index (χ1v) is 7.89. The van der Waals surface area contributed by atoms with Gasteiger partial charge in [-0.1, -0.05) is 18.5 Å². The highest BCUT2D eigenvalue weighted by molar-refractivity contribution is 6.35. The van der Waals surface area contributed by atoms with Crippen molar-refractivity contribution in [3.63, 3.8) is 0 Å². The van der Waals surface area contributed by atoms with Crippen LogP contribution in [0.5, 0.6) is 0 Å². The number of carbonyl (C=O) groups is 1. The number of nitrogens with one attached hydrogen (secondary N) is 1. The first-order valence-electron chi connectivity index (χ1n) is 7.13. The van der Waals surface area contributed by atoms with Crippen LogP contribution in [0.4, 0.5) is 0 Å². The number of carbonyl (C=O) groups excluding carboxylic acids is 1. The van der Waals surface area contributed by atoms with E-state index in [0.717, 1.165) is 0 Å². The van der Waals surface area contributed by atoms with Gasteiger partial charge in [0.2, 0.25) is 11.2 Å². The molecule has 1 amide bonds. The van der Waals surface area contributed by atoms with Crippen LogP contribution in [0.2, 0.25) is 10.4 Å². The van der Waals surface area contributed by atoms with Crippen LogP contribution in [0.25, 0.3) is 11.2 Å². The number of hydrogen-bond donors (Lipinski definition) is 3. The fraction of sp³-hybridized carbons (Fsp3) is 0.538. The maximum Gasteiger partial charge on any atom is 0.225 e. The van der Waals surface area contributed by atoms with Crippen molar-refractivity contribution in [3.05, 3.63) is 16.8 Å². The summed E-state index contributed by atoms with van der Waals surface area (Å²) in [7, 11) is 0. The van der Waals surface area contributed by atoms with Gasteiger partial charge in [0.1, 0.15) is 17.7 Å². The summed E-state index contributed by atoms with van der Waals surface area (Å²) in [6, 6.07) is -1.06. The summed E-state index contributed by atoms with van der Waals surface area (Å²) < 4.78 is 1.60. The van der Waals surface area contributed by atoms with E-state index in [4.69, 9.17) is 23.2 Å². The zero-order valence-electron chi connectivity index (χ0n) is 12.1. The Morgan fingerprint density at radius 2 is 2.13 bits per heavy atom. The summed E-state index contributed by atoms with van der Waals surface area (Å²) in [5, 5.41) is 23.3. The summed E-state index contributed by atoms with van der Waals surface area (Å²) in [6.45, 7) is 1.72. The molecular weight excluding hydrogens is 345 g/mol. The molecule has 0 radical (unpaired) electrons. The van der Waals surface area contributed by atoms with Crippen LogP contribution in [0.15, 0.2) is 6.33 Å². The lowest BCUT2D eigenvalue weighted by Gasteiger charge is -2.18. The third-order valence-corrected chi connectivity index (χ3v) is 4.46. The Bertz CT molecular complexity index is 753. The zero-order valence-corrected chi connectivity index (χ0v) is 13.7. The van der Waals surface area contributed by atoms with Crippen LogP contribution in [0.3, 0.4) is 0 Å². The molecule has 1 aliphatic rings. The molecule has 4 atom stereocenters. The molecule has 124 valence electrons. The molecule has 3 N–H and O–H groups in total. The van der Waals surface area contributed by atoms with Crippen molar-refractivity contribution < 1.29 is 15.0 Å². The minimum absolute atomic E-state index is 0.0341. The molecule has 0 spiro atoms. The van der Waals surface area contributed by atoms with E-state index in [0.29, 0.717) is 24.0 Å². The number of hydrogen-bond acceptors (Lipinski definition) is 6. The fourth-order valence-electron chi connectivity index (χ4n) is 2.84. The molecule has 1 aliphatic carbocycles. The maximum atomic E-state index is 11.5. The number of aromatic nitrogens is 4. The van der Waals surface area contributed by atoms with Crippen molar-refractivity contribution >= 4 is 40.3 Å². The Morgan fingerprint density at radius 3 is 2.83 bits per heavy atom. The number of fused-ring (bicyclic) bond motifs is 1. The molecule has 0 unspecified atom stereocenters. The number of rotatable bonds is 3. The van der Waals surface area contributed by atoms with Crippen molar-refractivity contribution in [2.24, 2.45) is 0 Å². The molecule has 0 aromatic carbocycles. The SMILES string of the molecule is CCC(=O)N[C@H]1C[C@@H](n2cnc3c(Cl)nc(Cl)nc32)[C@H](O)[C@@H]1O. The smallest absolute Gasteiger partial charge is 0.225 e. The lowest BCUT2D eigenvalue weighted by molar-refractivity contribution is -0.122. The second-order valence-electron chi connectivity index (χ2n) is 5.42. The van der Waals surface area contributed by atoms with E-state index >= 15 is 0 Å². The summed E-state index contributed by atoms with van der Waals surface area (Å²) in [5.74, 6) is -0.189. The molecule has 3 rings (SSSR count). The van der Waals surface area contributed by atoms with E-state index in [9.17, 15) is 15.0 Å². The van der Waals surface area contributed by atoms with E-state index in [-0.39, 0.29) is 16.3 Å². The number of imidazole rings is 1. The predicted octanol–water partition coefficient (Wildman–Crippen LogP) is 0.694. The zero-order chi connectivity index (χ0) is 16.7. The van der Waals surface area contributed by atoms with Gasteiger partial charge in [-0.2, -0.15) is 4.98 Å². The highest BCUT2D eigenvalue weighted by Crippen LogP contribution is 2.34. The molecule has 8 nitrogen and oxygen atoms in total. The second-order valence-corrected chi connectivity index (χ2v) is 6.12. The first-order chi connectivity index (χ1) is 10.9. The Morgan fingerprint density at radius 1 is 1.39 bits per heavy atom. The van der Waals surface area contributed by atoms with Crippen LogP contribution in [0, 0.1) is 0 Å². The molecule has 2 aromatic heterocycles. The first kappa shape index (κ1) is 16.4. The molecular formula is C13H15Cl2N5O3. The number of nitrogens with zero attached hydrogens (tertiary/aromatic N) is 4. The van der Waals surface area contributed by atoms with Crippen LogP contribution in [0.1, 0.15) is 25.8 Å². The molecule has 0 aliphatic heterocycles. The van der Waals surface area contributed by atoms with Crippen LogP contribution < -0.4 is 5.32 Å². The molecule has 1 saturated carbocycles. The molecule has 2 aromatic rings. The van der Waals surface area contributed by atoms with E-state index in [2.05, 4.69) is 20.3 Å². The molecule has 0 saturated heterocycles. The third-order valence-electron chi connectivity index (χ3n) is 4.03.